The van der Waals surface area contributed by atoms with Crippen LogP contribution in [0.3, 0.4) is 0 Å². The highest BCUT2D eigenvalue weighted by Crippen LogP contribution is 2.33. The predicted molar refractivity (Wildman–Crippen MR) is 129 cm³/mol. The van der Waals surface area contributed by atoms with Gasteiger partial charge in [-0.15, -0.1) is 0 Å². The molecule has 0 unspecified atom stereocenters. The Morgan fingerprint density at radius 1 is 1.22 bits per heavy atom. The number of rotatable bonds is 8. The molecule has 10 heteroatoms. The third kappa shape index (κ3) is 5.36. The Morgan fingerprint density at radius 2 is 1.94 bits per heavy atom. The van der Waals surface area contributed by atoms with E-state index in [1.165, 1.54) is 10.9 Å². The number of hydrogen-bond donors (Lipinski definition) is 1. The molecule has 2 aromatic carbocycles. The standard InChI is InChI=1S/C22H21Br2N3O5/c1-4-31-18-7-13(16(24)9-19(18)32-11-20(28)29)10-25-27-21(12(2)3)26-17-6-5-14(23)8-15(17)22(27)30/h5-10,12H,4,11H2,1-3H3,(H,28,29). The van der Waals surface area contributed by atoms with Crippen LogP contribution in [0.5, 0.6) is 11.5 Å². The molecule has 8 nitrogen and oxygen atoms in total. The van der Waals surface area contributed by atoms with Crippen LogP contribution in [0, 0.1) is 0 Å². The molecule has 1 aromatic heterocycles. The molecule has 168 valence electrons. The van der Waals surface area contributed by atoms with Crippen molar-refractivity contribution in [3.8, 4) is 11.5 Å². The van der Waals surface area contributed by atoms with E-state index in [-0.39, 0.29) is 17.2 Å². The summed E-state index contributed by atoms with van der Waals surface area (Å²) in [7, 11) is 0. The van der Waals surface area contributed by atoms with Gasteiger partial charge >= 0.3 is 5.97 Å². The lowest BCUT2D eigenvalue weighted by Crippen LogP contribution is -2.23. The molecule has 0 amide bonds. The van der Waals surface area contributed by atoms with E-state index in [0.29, 0.717) is 39.1 Å². The Balaban J connectivity index is 2.09. The molecule has 0 aliphatic rings. The molecule has 0 radical (unpaired) electrons. The minimum Gasteiger partial charge on any atom is -0.490 e. The quantitative estimate of drug-likeness (QED) is 0.393. The summed E-state index contributed by atoms with van der Waals surface area (Å²) in [5, 5.41) is 13.8. The van der Waals surface area contributed by atoms with Crippen LogP contribution < -0.4 is 15.0 Å². The Kier molecular flexibility index (Phi) is 7.68. The summed E-state index contributed by atoms with van der Waals surface area (Å²) < 4.78 is 13.6. The fourth-order valence-electron chi connectivity index (χ4n) is 2.94. The van der Waals surface area contributed by atoms with Gasteiger partial charge in [0.2, 0.25) is 0 Å². The van der Waals surface area contributed by atoms with E-state index in [4.69, 9.17) is 14.6 Å². The first-order valence-corrected chi connectivity index (χ1v) is 11.4. The Morgan fingerprint density at radius 3 is 2.59 bits per heavy atom. The molecular formula is C22H21Br2N3O5. The van der Waals surface area contributed by atoms with Gasteiger partial charge in [-0.05, 0) is 53.2 Å². The third-order valence-corrected chi connectivity index (χ3v) is 5.56. The zero-order valence-electron chi connectivity index (χ0n) is 17.6. The normalized spacial score (nSPS) is 11.4. The molecule has 0 spiro atoms. The molecule has 0 saturated heterocycles. The average molecular weight is 567 g/mol. The second kappa shape index (κ2) is 10.3. The van der Waals surface area contributed by atoms with E-state index in [0.717, 1.165) is 4.47 Å². The first-order chi connectivity index (χ1) is 15.2. The Hall–Kier alpha value is -2.72. The molecule has 0 bridgehead atoms. The van der Waals surface area contributed by atoms with Crippen LogP contribution in [0.15, 0.2) is 49.2 Å². The van der Waals surface area contributed by atoms with Gasteiger partial charge in [-0.25, -0.2) is 9.78 Å². The van der Waals surface area contributed by atoms with Crippen molar-refractivity contribution >= 4 is 54.9 Å². The van der Waals surface area contributed by atoms with Crippen molar-refractivity contribution in [3.63, 3.8) is 0 Å². The minimum absolute atomic E-state index is 0.0397. The van der Waals surface area contributed by atoms with E-state index < -0.39 is 12.6 Å². The number of benzene rings is 2. The van der Waals surface area contributed by atoms with Crippen molar-refractivity contribution in [2.75, 3.05) is 13.2 Å². The Bertz CT molecular complexity index is 1250. The molecule has 0 fully saturated rings. The van der Waals surface area contributed by atoms with Crippen LogP contribution in [-0.4, -0.2) is 40.2 Å². The van der Waals surface area contributed by atoms with Crippen LogP contribution in [0.1, 0.15) is 38.1 Å². The van der Waals surface area contributed by atoms with Crippen LogP contribution in [0.2, 0.25) is 0 Å². The van der Waals surface area contributed by atoms with Crippen molar-refractivity contribution in [2.24, 2.45) is 5.10 Å². The number of carbonyl (C=O) groups is 1. The van der Waals surface area contributed by atoms with E-state index in [2.05, 4.69) is 41.9 Å². The predicted octanol–water partition coefficient (Wildman–Crippen LogP) is 4.79. The topological polar surface area (TPSA) is 103 Å². The summed E-state index contributed by atoms with van der Waals surface area (Å²) in [4.78, 5) is 28.6. The first kappa shape index (κ1) is 23.9. The molecule has 3 aromatic rings. The highest BCUT2D eigenvalue weighted by atomic mass is 79.9. The lowest BCUT2D eigenvalue weighted by atomic mass is 10.2. The molecule has 0 aliphatic carbocycles. The fourth-order valence-corrected chi connectivity index (χ4v) is 3.73. The van der Waals surface area contributed by atoms with Crippen molar-refractivity contribution in [1.82, 2.24) is 9.66 Å². The van der Waals surface area contributed by atoms with Gasteiger partial charge < -0.3 is 14.6 Å². The summed E-state index contributed by atoms with van der Waals surface area (Å²) in [6.07, 6.45) is 1.52. The number of hydrogen-bond acceptors (Lipinski definition) is 6. The summed E-state index contributed by atoms with van der Waals surface area (Å²) in [5.41, 5.74) is 0.944. The van der Waals surface area contributed by atoms with Gasteiger partial charge in [0.05, 0.1) is 23.7 Å². The molecule has 0 saturated carbocycles. The number of carboxylic acid groups (broad SMARTS) is 1. The van der Waals surface area contributed by atoms with E-state index >= 15 is 0 Å². The van der Waals surface area contributed by atoms with Gasteiger partial charge in [0, 0.05) is 20.4 Å². The molecule has 0 atom stereocenters. The third-order valence-electron chi connectivity index (χ3n) is 4.38. The number of aromatic nitrogens is 2. The van der Waals surface area contributed by atoms with Crippen LogP contribution in [-0.2, 0) is 4.79 Å². The maximum absolute atomic E-state index is 13.2. The van der Waals surface area contributed by atoms with Crippen LogP contribution >= 0.6 is 31.9 Å². The maximum Gasteiger partial charge on any atom is 0.341 e. The second-order valence-corrected chi connectivity index (χ2v) is 8.85. The zero-order valence-corrected chi connectivity index (χ0v) is 20.8. The number of ether oxygens (including phenoxy) is 2. The van der Waals surface area contributed by atoms with E-state index in [9.17, 15) is 9.59 Å². The smallest absolute Gasteiger partial charge is 0.341 e. The number of halogens is 2. The molecule has 0 aliphatic heterocycles. The van der Waals surface area contributed by atoms with Gasteiger partial charge in [0.15, 0.2) is 18.1 Å². The number of nitrogens with zero attached hydrogens (tertiary/aromatic N) is 3. The van der Waals surface area contributed by atoms with Crippen molar-refractivity contribution < 1.29 is 19.4 Å². The van der Waals surface area contributed by atoms with Crippen molar-refractivity contribution in [2.45, 2.75) is 26.7 Å². The molecular weight excluding hydrogens is 546 g/mol. The van der Waals surface area contributed by atoms with Crippen LogP contribution in [0.25, 0.3) is 10.9 Å². The van der Waals surface area contributed by atoms with Gasteiger partial charge in [-0.2, -0.15) is 9.78 Å². The average Bonchev–Trinajstić information content (AvgIpc) is 2.73. The Labute approximate surface area is 201 Å². The van der Waals surface area contributed by atoms with Crippen LogP contribution in [0.4, 0.5) is 0 Å². The highest BCUT2D eigenvalue weighted by Gasteiger charge is 2.15. The van der Waals surface area contributed by atoms with Crippen molar-refractivity contribution in [1.29, 1.82) is 0 Å². The van der Waals surface area contributed by atoms with Gasteiger partial charge in [0.1, 0.15) is 5.82 Å². The molecule has 3 rings (SSSR count). The van der Waals surface area contributed by atoms with Crippen molar-refractivity contribution in [3.05, 3.63) is 61.0 Å². The lowest BCUT2D eigenvalue weighted by Gasteiger charge is -2.14. The van der Waals surface area contributed by atoms with E-state index in [1.54, 1.807) is 24.3 Å². The number of aliphatic carboxylic acids is 1. The molecule has 32 heavy (non-hydrogen) atoms. The minimum atomic E-state index is -1.09. The van der Waals surface area contributed by atoms with E-state index in [1.807, 2.05) is 26.8 Å². The summed E-state index contributed by atoms with van der Waals surface area (Å²) in [6, 6.07) is 8.63. The fraction of sp³-hybridized carbons (Fsp3) is 0.273. The summed E-state index contributed by atoms with van der Waals surface area (Å²) >= 11 is 6.84. The number of fused-ring (bicyclic) bond motifs is 1. The summed E-state index contributed by atoms with van der Waals surface area (Å²) in [5.74, 6) is 0.0573. The first-order valence-electron chi connectivity index (χ1n) is 9.78. The molecule has 1 heterocycles. The second-order valence-electron chi connectivity index (χ2n) is 7.08. The zero-order chi connectivity index (χ0) is 23.4. The maximum atomic E-state index is 13.2. The van der Waals surface area contributed by atoms with Gasteiger partial charge in [-0.3, -0.25) is 4.79 Å². The lowest BCUT2D eigenvalue weighted by molar-refractivity contribution is -0.139. The van der Waals surface area contributed by atoms with Gasteiger partial charge in [-0.1, -0.05) is 29.8 Å². The number of carboxylic acids is 1. The summed E-state index contributed by atoms with van der Waals surface area (Å²) in [6.45, 7) is 5.56. The SMILES string of the molecule is CCOc1cc(C=Nn2c(C(C)C)nc3ccc(Br)cc3c2=O)c(Br)cc1OCC(=O)O. The highest BCUT2D eigenvalue weighted by molar-refractivity contribution is 9.10. The molecule has 1 N–H and O–H groups in total. The monoisotopic (exact) mass is 565 g/mol. The van der Waals surface area contributed by atoms with Gasteiger partial charge in [0.25, 0.3) is 5.56 Å². The largest absolute Gasteiger partial charge is 0.490 e.